The van der Waals surface area contributed by atoms with E-state index in [0.29, 0.717) is 12.8 Å². The van der Waals surface area contributed by atoms with E-state index in [2.05, 4.69) is 5.32 Å². The van der Waals surface area contributed by atoms with Crippen molar-refractivity contribution in [2.24, 2.45) is 0 Å². The first-order chi connectivity index (χ1) is 8.63. The fraction of sp³-hybridized carbons (Fsp3) is 0.429. The molecular formula is C14H18N2O2. The van der Waals surface area contributed by atoms with Crippen LogP contribution in [0.15, 0.2) is 30.3 Å². The van der Waals surface area contributed by atoms with Crippen LogP contribution in [-0.2, 0) is 16.0 Å². The van der Waals surface area contributed by atoms with E-state index in [1.54, 1.807) is 11.9 Å². The Hall–Kier alpha value is -1.84. The summed E-state index contributed by atoms with van der Waals surface area (Å²) < 4.78 is 0. The van der Waals surface area contributed by atoms with Crippen molar-refractivity contribution in [3.8, 4) is 0 Å². The Balaban J connectivity index is 2.13. The lowest BCUT2D eigenvalue weighted by atomic mass is 9.99. The highest BCUT2D eigenvalue weighted by molar-refractivity contribution is 5.96. The van der Waals surface area contributed by atoms with Gasteiger partial charge in [0.1, 0.15) is 12.1 Å². The Bertz CT molecular complexity index is 444. The monoisotopic (exact) mass is 246 g/mol. The number of amides is 2. The van der Waals surface area contributed by atoms with Crippen LogP contribution < -0.4 is 5.32 Å². The summed E-state index contributed by atoms with van der Waals surface area (Å²) in [5.41, 5.74) is 1.06. The van der Waals surface area contributed by atoms with E-state index in [0.717, 1.165) is 5.56 Å². The minimum Gasteiger partial charge on any atom is -0.343 e. The third-order valence-electron chi connectivity index (χ3n) is 3.41. The van der Waals surface area contributed by atoms with Crippen LogP contribution in [0.1, 0.15) is 18.9 Å². The van der Waals surface area contributed by atoms with Gasteiger partial charge in [-0.3, -0.25) is 9.59 Å². The van der Waals surface area contributed by atoms with Crippen molar-refractivity contribution in [3.05, 3.63) is 35.9 Å². The maximum atomic E-state index is 12.0. The highest BCUT2D eigenvalue weighted by Gasteiger charge is 2.37. The number of piperazine rings is 1. The van der Waals surface area contributed by atoms with E-state index in [4.69, 9.17) is 0 Å². The Kier molecular flexibility index (Phi) is 3.65. The first-order valence-electron chi connectivity index (χ1n) is 6.24. The molecule has 0 saturated carbocycles. The Labute approximate surface area is 107 Å². The van der Waals surface area contributed by atoms with Crippen molar-refractivity contribution in [2.45, 2.75) is 31.8 Å². The third-order valence-corrected chi connectivity index (χ3v) is 3.41. The molecule has 1 aromatic rings. The first kappa shape index (κ1) is 12.6. The smallest absolute Gasteiger partial charge is 0.245 e. The van der Waals surface area contributed by atoms with Crippen LogP contribution in [0.3, 0.4) is 0 Å². The van der Waals surface area contributed by atoms with Crippen LogP contribution in [0.5, 0.6) is 0 Å². The maximum Gasteiger partial charge on any atom is 0.245 e. The van der Waals surface area contributed by atoms with Gasteiger partial charge >= 0.3 is 0 Å². The van der Waals surface area contributed by atoms with Gasteiger partial charge in [-0.15, -0.1) is 0 Å². The number of nitrogens with zero attached hydrogens (tertiary/aromatic N) is 1. The maximum absolute atomic E-state index is 12.0. The predicted octanol–water partition coefficient (Wildman–Crippen LogP) is 0.964. The molecule has 2 atom stereocenters. The molecule has 1 aromatic carbocycles. The molecule has 1 aliphatic rings. The van der Waals surface area contributed by atoms with Gasteiger partial charge in [0.05, 0.1) is 0 Å². The largest absolute Gasteiger partial charge is 0.343 e. The Morgan fingerprint density at radius 2 is 1.89 bits per heavy atom. The molecule has 18 heavy (non-hydrogen) atoms. The molecule has 0 spiro atoms. The fourth-order valence-corrected chi connectivity index (χ4v) is 2.25. The van der Waals surface area contributed by atoms with Gasteiger partial charge in [0.15, 0.2) is 0 Å². The van der Waals surface area contributed by atoms with Crippen LogP contribution in [0.2, 0.25) is 0 Å². The number of hydrogen-bond acceptors (Lipinski definition) is 2. The minimum absolute atomic E-state index is 0.00182. The lowest BCUT2D eigenvalue weighted by Gasteiger charge is -2.36. The molecule has 2 amide bonds. The average molecular weight is 246 g/mol. The van der Waals surface area contributed by atoms with E-state index >= 15 is 0 Å². The molecule has 0 bridgehead atoms. The van der Waals surface area contributed by atoms with Crippen molar-refractivity contribution in [1.82, 2.24) is 10.2 Å². The number of benzene rings is 1. The van der Waals surface area contributed by atoms with Crippen molar-refractivity contribution >= 4 is 11.8 Å². The summed E-state index contributed by atoms with van der Waals surface area (Å²) in [6.07, 6.45) is 1.19. The summed E-state index contributed by atoms with van der Waals surface area (Å²) in [5.74, 6) is -0.0640. The second-order valence-electron chi connectivity index (χ2n) is 4.62. The van der Waals surface area contributed by atoms with Crippen molar-refractivity contribution in [2.75, 3.05) is 7.05 Å². The van der Waals surface area contributed by atoms with E-state index < -0.39 is 6.04 Å². The van der Waals surface area contributed by atoms with Gasteiger partial charge in [0.2, 0.25) is 11.8 Å². The first-order valence-corrected chi connectivity index (χ1v) is 6.24. The predicted molar refractivity (Wildman–Crippen MR) is 68.9 cm³/mol. The molecule has 1 saturated heterocycles. The van der Waals surface area contributed by atoms with Gasteiger partial charge in [-0.1, -0.05) is 37.3 Å². The van der Waals surface area contributed by atoms with Gasteiger partial charge in [-0.2, -0.15) is 0 Å². The van der Waals surface area contributed by atoms with E-state index in [9.17, 15) is 9.59 Å². The molecule has 0 aromatic heterocycles. The molecular weight excluding hydrogens is 228 g/mol. The van der Waals surface area contributed by atoms with Gasteiger partial charge in [0.25, 0.3) is 0 Å². The zero-order valence-electron chi connectivity index (χ0n) is 10.7. The van der Waals surface area contributed by atoms with Crippen molar-refractivity contribution in [3.63, 3.8) is 0 Å². The quantitative estimate of drug-likeness (QED) is 0.863. The number of rotatable bonds is 3. The molecule has 2 unspecified atom stereocenters. The summed E-state index contributed by atoms with van der Waals surface area (Å²) in [6.45, 7) is 1.90. The molecule has 2 rings (SSSR count). The van der Waals surface area contributed by atoms with Crippen LogP contribution in [-0.4, -0.2) is 35.8 Å². The van der Waals surface area contributed by atoms with E-state index in [1.807, 2.05) is 37.3 Å². The lowest BCUT2D eigenvalue weighted by Crippen LogP contribution is -2.62. The van der Waals surface area contributed by atoms with Crippen molar-refractivity contribution < 1.29 is 9.59 Å². The van der Waals surface area contributed by atoms with Gasteiger partial charge in [0, 0.05) is 13.5 Å². The molecule has 96 valence electrons. The summed E-state index contributed by atoms with van der Waals surface area (Å²) in [4.78, 5) is 25.6. The van der Waals surface area contributed by atoms with Gasteiger partial charge in [-0.05, 0) is 12.0 Å². The SMILES string of the molecule is CCC1NC(=O)C(Cc2ccccc2)N(C)C1=O. The number of carbonyl (C=O) groups excluding carboxylic acids is 2. The summed E-state index contributed by atoms with van der Waals surface area (Å²) in [5, 5.41) is 2.79. The third kappa shape index (κ3) is 2.37. The highest BCUT2D eigenvalue weighted by atomic mass is 16.2. The highest BCUT2D eigenvalue weighted by Crippen LogP contribution is 2.14. The number of likely N-dealkylation sites (N-methyl/N-ethyl adjacent to an activating group) is 1. The van der Waals surface area contributed by atoms with E-state index in [1.165, 1.54) is 0 Å². The normalized spacial score (nSPS) is 24.0. The second-order valence-corrected chi connectivity index (χ2v) is 4.62. The Morgan fingerprint density at radius 3 is 2.50 bits per heavy atom. The topological polar surface area (TPSA) is 49.4 Å². The van der Waals surface area contributed by atoms with Crippen LogP contribution in [0, 0.1) is 0 Å². The van der Waals surface area contributed by atoms with Crippen LogP contribution in [0.4, 0.5) is 0 Å². The second kappa shape index (κ2) is 5.21. The fourth-order valence-electron chi connectivity index (χ4n) is 2.25. The van der Waals surface area contributed by atoms with E-state index in [-0.39, 0.29) is 17.9 Å². The summed E-state index contributed by atoms with van der Waals surface area (Å²) >= 11 is 0. The van der Waals surface area contributed by atoms with Crippen LogP contribution >= 0.6 is 0 Å². The molecule has 1 N–H and O–H groups in total. The molecule has 4 nitrogen and oxygen atoms in total. The summed E-state index contributed by atoms with van der Waals surface area (Å²) in [6, 6.07) is 8.98. The molecule has 0 aliphatic carbocycles. The van der Waals surface area contributed by atoms with Crippen LogP contribution in [0.25, 0.3) is 0 Å². The molecule has 1 heterocycles. The standard InChI is InChI=1S/C14H18N2O2/c1-3-11-14(18)16(2)12(13(17)15-11)9-10-7-5-4-6-8-10/h4-8,11-12H,3,9H2,1-2H3,(H,15,17). The number of carbonyl (C=O) groups is 2. The lowest BCUT2D eigenvalue weighted by molar-refractivity contribution is -0.147. The number of hydrogen-bond donors (Lipinski definition) is 1. The Morgan fingerprint density at radius 1 is 1.22 bits per heavy atom. The van der Waals surface area contributed by atoms with Gasteiger partial charge in [-0.25, -0.2) is 0 Å². The molecule has 1 aliphatic heterocycles. The minimum atomic E-state index is -0.400. The molecule has 4 heteroatoms. The van der Waals surface area contributed by atoms with Crippen molar-refractivity contribution in [1.29, 1.82) is 0 Å². The zero-order valence-corrected chi connectivity index (χ0v) is 10.7. The number of nitrogens with one attached hydrogen (secondary N) is 1. The summed E-state index contributed by atoms with van der Waals surface area (Å²) in [7, 11) is 1.71. The van der Waals surface area contributed by atoms with Gasteiger partial charge < -0.3 is 10.2 Å². The zero-order chi connectivity index (χ0) is 13.1. The average Bonchev–Trinajstić information content (AvgIpc) is 2.40. The molecule has 0 radical (unpaired) electrons. The molecule has 1 fully saturated rings.